The topological polar surface area (TPSA) is 138 Å². The second kappa shape index (κ2) is 10.5. The molecular formula is C23H27N5O5S. The molecule has 0 aliphatic carbocycles. The fourth-order valence-corrected chi connectivity index (χ4v) is 4.39. The Morgan fingerprint density at radius 1 is 1.38 bits per heavy atom. The predicted octanol–water partition coefficient (Wildman–Crippen LogP) is 3.36. The monoisotopic (exact) mass is 485 g/mol. The van der Waals surface area contributed by atoms with E-state index in [9.17, 15) is 25.0 Å². The van der Waals surface area contributed by atoms with Crippen LogP contribution in [0.5, 0.6) is 0 Å². The van der Waals surface area contributed by atoms with Crippen LogP contribution in [0.15, 0.2) is 35.0 Å². The number of carbonyl (C=O) groups excluding carboxylic acids is 2. The molecule has 1 aromatic heterocycles. The second-order valence-corrected chi connectivity index (χ2v) is 9.83. The summed E-state index contributed by atoms with van der Waals surface area (Å²) in [6.07, 6.45) is 0.289. The van der Waals surface area contributed by atoms with Gasteiger partial charge in [-0.2, -0.15) is 16.6 Å². The summed E-state index contributed by atoms with van der Waals surface area (Å²) in [7, 11) is 0. The summed E-state index contributed by atoms with van der Waals surface area (Å²) >= 11 is 1.51. The van der Waals surface area contributed by atoms with Crippen LogP contribution in [0, 0.1) is 21.4 Å². The van der Waals surface area contributed by atoms with Gasteiger partial charge >= 0.3 is 6.09 Å². The van der Waals surface area contributed by atoms with E-state index in [0.717, 1.165) is 5.56 Å². The number of carbonyl (C=O) groups is 2. The number of amides is 2. The van der Waals surface area contributed by atoms with E-state index in [1.807, 2.05) is 27.8 Å². The highest BCUT2D eigenvalue weighted by molar-refractivity contribution is 7.07. The number of anilines is 1. The Bertz CT molecular complexity index is 1090. The molecule has 1 fully saturated rings. The number of alkyl carbamates (subject to hydrolysis) is 1. The number of thiophene rings is 1. The molecule has 1 aliphatic rings. The van der Waals surface area contributed by atoms with E-state index in [-0.39, 0.29) is 23.2 Å². The standard InChI is InChI=1S/C23H27N5O5S/c1-23(2,3)33-22(30)26-19(10-15-7-9-34-14-15)21(29)25-17-6-8-27(13-17)20-5-4-18(28(31)32)11-16(20)12-24/h4-5,7,9,11,14,17,19H,6,8,10,13H2,1-3H3,(H,25,29)(H,26,30)/t17-,19-/m0/s1. The number of nitriles is 1. The van der Waals surface area contributed by atoms with Gasteiger partial charge in [-0.3, -0.25) is 14.9 Å². The molecule has 0 saturated carbocycles. The molecule has 2 aromatic rings. The van der Waals surface area contributed by atoms with Crippen molar-refractivity contribution in [1.82, 2.24) is 10.6 Å². The highest BCUT2D eigenvalue weighted by Crippen LogP contribution is 2.28. The Balaban J connectivity index is 1.67. The first-order chi connectivity index (χ1) is 16.1. The van der Waals surface area contributed by atoms with Gasteiger partial charge in [0.2, 0.25) is 5.91 Å². The molecule has 180 valence electrons. The third-order valence-corrected chi connectivity index (χ3v) is 5.95. The summed E-state index contributed by atoms with van der Waals surface area (Å²) < 4.78 is 5.32. The number of hydrogen-bond donors (Lipinski definition) is 2. The molecule has 2 amide bonds. The summed E-state index contributed by atoms with van der Waals surface area (Å²) in [6, 6.07) is 7.07. The van der Waals surface area contributed by atoms with Gasteiger partial charge in [0.1, 0.15) is 17.7 Å². The molecule has 2 heterocycles. The van der Waals surface area contributed by atoms with E-state index in [1.54, 1.807) is 26.8 Å². The van der Waals surface area contributed by atoms with Crippen molar-refractivity contribution in [3.05, 3.63) is 56.3 Å². The quantitative estimate of drug-likeness (QED) is 0.453. The van der Waals surface area contributed by atoms with E-state index >= 15 is 0 Å². The molecule has 0 unspecified atom stereocenters. The minimum atomic E-state index is -0.812. The first kappa shape index (κ1) is 25.0. The van der Waals surface area contributed by atoms with Crippen molar-refractivity contribution < 1.29 is 19.2 Å². The van der Waals surface area contributed by atoms with Crippen molar-refractivity contribution in [2.45, 2.75) is 51.3 Å². The van der Waals surface area contributed by atoms with Gasteiger partial charge in [-0.25, -0.2) is 4.79 Å². The molecule has 2 atom stereocenters. The normalized spacial score (nSPS) is 16.4. The van der Waals surface area contributed by atoms with E-state index < -0.39 is 22.7 Å². The fourth-order valence-electron chi connectivity index (χ4n) is 3.71. The lowest BCUT2D eigenvalue weighted by Gasteiger charge is -2.24. The Kier molecular flexibility index (Phi) is 7.73. The zero-order valence-corrected chi connectivity index (χ0v) is 20.1. The van der Waals surface area contributed by atoms with Crippen LogP contribution in [0.4, 0.5) is 16.2 Å². The molecule has 0 radical (unpaired) electrons. The average Bonchev–Trinajstić information content (AvgIpc) is 3.43. The molecule has 1 aromatic carbocycles. The molecule has 34 heavy (non-hydrogen) atoms. The highest BCUT2D eigenvalue weighted by Gasteiger charge is 2.30. The Hall–Kier alpha value is -3.65. The zero-order chi connectivity index (χ0) is 24.9. The number of benzene rings is 1. The molecule has 1 aliphatic heterocycles. The third-order valence-electron chi connectivity index (χ3n) is 5.21. The average molecular weight is 486 g/mol. The Morgan fingerprint density at radius 2 is 2.15 bits per heavy atom. The molecule has 0 bridgehead atoms. The van der Waals surface area contributed by atoms with Crippen molar-refractivity contribution in [3.8, 4) is 6.07 Å². The van der Waals surface area contributed by atoms with Crippen molar-refractivity contribution >= 4 is 34.7 Å². The zero-order valence-electron chi connectivity index (χ0n) is 19.2. The van der Waals surface area contributed by atoms with Crippen LogP contribution in [0.2, 0.25) is 0 Å². The maximum absolute atomic E-state index is 13.1. The largest absolute Gasteiger partial charge is 0.444 e. The van der Waals surface area contributed by atoms with Crippen molar-refractivity contribution in [2.24, 2.45) is 0 Å². The maximum Gasteiger partial charge on any atom is 0.408 e. The summed E-state index contributed by atoms with van der Waals surface area (Å²) in [5.74, 6) is -0.326. The maximum atomic E-state index is 13.1. The first-order valence-corrected chi connectivity index (χ1v) is 11.7. The van der Waals surface area contributed by atoms with Crippen LogP contribution >= 0.6 is 11.3 Å². The van der Waals surface area contributed by atoms with Gasteiger partial charge in [-0.15, -0.1) is 0 Å². The molecule has 2 N–H and O–H groups in total. The minimum Gasteiger partial charge on any atom is -0.444 e. The van der Waals surface area contributed by atoms with E-state index in [1.165, 1.54) is 23.5 Å². The Labute approximate surface area is 201 Å². The van der Waals surface area contributed by atoms with Crippen molar-refractivity contribution in [2.75, 3.05) is 18.0 Å². The molecular weight excluding hydrogens is 458 g/mol. The third kappa shape index (κ3) is 6.68. The van der Waals surface area contributed by atoms with E-state index in [2.05, 4.69) is 10.6 Å². The lowest BCUT2D eigenvalue weighted by molar-refractivity contribution is -0.384. The van der Waals surface area contributed by atoms with Crippen LogP contribution in [0.3, 0.4) is 0 Å². The number of nitrogens with one attached hydrogen (secondary N) is 2. The van der Waals surface area contributed by atoms with Gasteiger partial charge in [-0.05, 0) is 55.6 Å². The number of nitro groups is 1. The van der Waals surface area contributed by atoms with Gasteiger partial charge in [0.25, 0.3) is 5.69 Å². The fraction of sp³-hybridized carbons (Fsp3) is 0.435. The van der Waals surface area contributed by atoms with Gasteiger partial charge in [0.05, 0.1) is 16.2 Å². The summed E-state index contributed by atoms with van der Waals surface area (Å²) in [6.45, 7) is 6.27. The molecule has 3 rings (SSSR count). The summed E-state index contributed by atoms with van der Waals surface area (Å²) in [5.41, 5.74) is 0.894. The molecule has 1 saturated heterocycles. The molecule has 0 spiro atoms. The molecule has 11 heteroatoms. The number of nitrogens with zero attached hydrogens (tertiary/aromatic N) is 3. The number of hydrogen-bond acceptors (Lipinski definition) is 8. The predicted molar refractivity (Wildman–Crippen MR) is 128 cm³/mol. The number of nitro benzene ring substituents is 1. The van der Waals surface area contributed by atoms with Crippen molar-refractivity contribution in [3.63, 3.8) is 0 Å². The summed E-state index contributed by atoms with van der Waals surface area (Å²) in [5, 5.41) is 29.9. The molecule has 10 nitrogen and oxygen atoms in total. The van der Waals surface area contributed by atoms with Crippen LogP contribution in [0.25, 0.3) is 0 Å². The summed E-state index contributed by atoms with van der Waals surface area (Å²) in [4.78, 5) is 37.8. The van der Waals surface area contributed by atoms with Crippen LogP contribution in [-0.4, -0.2) is 47.7 Å². The van der Waals surface area contributed by atoms with E-state index in [4.69, 9.17) is 4.74 Å². The number of ether oxygens (including phenoxy) is 1. The number of rotatable bonds is 7. The number of non-ortho nitro benzene ring substituents is 1. The van der Waals surface area contributed by atoms with Crippen LogP contribution < -0.4 is 15.5 Å². The first-order valence-electron chi connectivity index (χ1n) is 10.8. The van der Waals surface area contributed by atoms with Crippen LogP contribution in [0.1, 0.15) is 38.3 Å². The lowest BCUT2D eigenvalue weighted by Crippen LogP contribution is -2.52. The SMILES string of the molecule is CC(C)(C)OC(=O)N[C@@H](Cc1ccsc1)C(=O)N[C@H]1CCN(c2ccc([N+](=O)[O-])cc2C#N)C1. The smallest absolute Gasteiger partial charge is 0.408 e. The Morgan fingerprint density at radius 3 is 2.76 bits per heavy atom. The highest BCUT2D eigenvalue weighted by atomic mass is 32.1. The second-order valence-electron chi connectivity index (χ2n) is 9.05. The van der Waals surface area contributed by atoms with Crippen LogP contribution in [-0.2, 0) is 16.0 Å². The van der Waals surface area contributed by atoms with Gasteiger partial charge in [-0.1, -0.05) is 0 Å². The van der Waals surface area contributed by atoms with E-state index in [0.29, 0.717) is 31.6 Å². The lowest BCUT2D eigenvalue weighted by atomic mass is 10.1. The minimum absolute atomic E-state index is 0.145. The van der Waals surface area contributed by atoms with Crippen molar-refractivity contribution in [1.29, 1.82) is 5.26 Å². The van der Waals surface area contributed by atoms with Gasteiger partial charge in [0.15, 0.2) is 0 Å². The van der Waals surface area contributed by atoms with Gasteiger partial charge < -0.3 is 20.3 Å². The van der Waals surface area contributed by atoms with Gasteiger partial charge in [0, 0.05) is 37.7 Å².